The van der Waals surface area contributed by atoms with Gasteiger partial charge in [-0.25, -0.2) is 0 Å². The Kier molecular flexibility index (Phi) is 4.70. The molecule has 2 amide bonds. The number of rotatable bonds is 4. The summed E-state index contributed by atoms with van der Waals surface area (Å²) in [6.07, 6.45) is 2.98. The molecule has 0 aromatic carbocycles. The van der Waals surface area contributed by atoms with Crippen molar-refractivity contribution >= 4 is 17.8 Å². The van der Waals surface area contributed by atoms with Crippen LogP contribution in [0.5, 0.6) is 0 Å². The molecule has 110 valence electrons. The molecule has 2 rings (SSSR count). The van der Waals surface area contributed by atoms with Gasteiger partial charge in [-0.05, 0) is 26.2 Å². The monoisotopic (exact) mass is 280 g/mol. The third kappa shape index (κ3) is 3.55. The maximum absolute atomic E-state index is 12.1. The molecular formula is C13H20N4O3. The lowest BCUT2D eigenvalue weighted by molar-refractivity contribution is -0.134. The van der Waals surface area contributed by atoms with Gasteiger partial charge < -0.3 is 9.42 Å². The molecule has 1 fully saturated rings. The van der Waals surface area contributed by atoms with Gasteiger partial charge in [0.2, 0.25) is 11.8 Å². The maximum atomic E-state index is 12.1. The molecule has 0 radical (unpaired) electrons. The molecule has 2 heterocycles. The summed E-state index contributed by atoms with van der Waals surface area (Å²) in [5.41, 5.74) is 0. The molecule has 1 aliphatic heterocycles. The zero-order valence-corrected chi connectivity index (χ0v) is 11.9. The van der Waals surface area contributed by atoms with E-state index in [2.05, 4.69) is 15.5 Å². The predicted octanol–water partition coefficient (Wildman–Crippen LogP) is 1.36. The average Bonchev–Trinajstić information content (AvgIpc) is 2.84. The van der Waals surface area contributed by atoms with E-state index in [0.29, 0.717) is 18.8 Å². The van der Waals surface area contributed by atoms with Gasteiger partial charge in [0, 0.05) is 19.5 Å². The molecule has 1 aromatic rings. The second-order valence-corrected chi connectivity index (χ2v) is 5.06. The third-order valence-electron chi connectivity index (χ3n) is 3.37. The highest BCUT2D eigenvalue weighted by molar-refractivity contribution is 5.91. The van der Waals surface area contributed by atoms with E-state index in [0.717, 1.165) is 25.8 Å². The predicted molar refractivity (Wildman–Crippen MR) is 71.9 cm³/mol. The number of nitrogens with zero attached hydrogens (tertiary/aromatic N) is 3. The minimum absolute atomic E-state index is 0.115. The van der Waals surface area contributed by atoms with Gasteiger partial charge in [-0.3, -0.25) is 14.9 Å². The Balaban J connectivity index is 1.91. The Morgan fingerprint density at radius 2 is 2.30 bits per heavy atom. The maximum Gasteiger partial charge on any atom is 0.328 e. The van der Waals surface area contributed by atoms with Crippen molar-refractivity contribution in [1.82, 2.24) is 15.0 Å². The van der Waals surface area contributed by atoms with E-state index in [9.17, 15) is 9.59 Å². The summed E-state index contributed by atoms with van der Waals surface area (Å²) in [6, 6.07) is 0.115. The first-order valence-electron chi connectivity index (χ1n) is 6.99. The number of anilines is 1. The van der Waals surface area contributed by atoms with Crippen LogP contribution in [-0.4, -0.2) is 39.9 Å². The molecule has 1 atom stereocenters. The van der Waals surface area contributed by atoms with Crippen LogP contribution < -0.4 is 5.32 Å². The Labute approximate surface area is 117 Å². The number of hydrogen-bond donors (Lipinski definition) is 1. The molecule has 0 unspecified atom stereocenters. The van der Waals surface area contributed by atoms with Crippen LogP contribution >= 0.6 is 0 Å². The fraction of sp³-hybridized carbons (Fsp3) is 0.692. The van der Waals surface area contributed by atoms with Gasteiger partial charge in [0.1, 0.15) is 0 Å². The molecule has 0 saturated carbocycles. The van der Waals surface area contributed by atoms with Gasteiger partial charge in [-0.15, -0.1) is 0 Å². The number of hydrogen-bond acceptors (Lipinski definition) is 5. The van der Waals surface area contributed by atoms with Crippen LogP contribution in [0.3, 0.4) is 0 Å². The van der Waals surface area contributed by atoms with Crippen molar-refractivity contribution in [2.24, 2.45) is 5.92 Å². The van der Waals surface area contributed by atoms with Gasteiger partial charge in [-0.1, -0.05) is 12.1 Å². The number of piperidine rings is 1. The van der Waals surface area contributed by atoms with E-state index in [1.165, 1.54) is 0 Å². The summed E-state index contributed by atoms with van der Waals surface area (Å²) < 4.78 is 4.87. The smallest absolute Gasteiger partial charge is 0.328 e. The standard InChI is InChI=1S/C13H20N4O3/c1-3-5-11(18)17-7-4-6-10(8-17)12(19)15-13-14-9(2)16-20-13/h10H,3-8H2,1-2H3,(H,14,15,16,19)/t10-/m1/s1. The summed E-state index contributed by atoms with van der Waals surface area (Å²) in [6.45, 7) is 4.87. The van der Waals surface area contributed by atoms with Crippen molar-refractivity contribution in [2.45, 2.75) is 39.5 Å². The van der Waals surface area contributed by atoms with Crippen LogP contribution in [0.25, 0.3) is 0 Å². The van der Waals surface area contributed by atoms with Crippen LogP contribution in [0.2, 0.25) is 0 Å². The average molecular weight is 280 g/mol. The van der Waals surface area contributed by atoms with Gasteiger partial charge in [0.25, 0.3) is 0 Å². The summed E-state index contributed by atoms with van der Waals surface area (Å²) in [5, 5.41) is 6.22. The molecule has 1 saturated heterocycles. The Hall–Kier alpha value is -1.92. The van der Waals surface area contributed by atoms with E-state index in [1.54, 1.807) is 11.8 Å². The minimum Gasteiger partial charge on any atom is -0.342 e. The van der Waals surface area contributed by atoms with Gasteiger partial charge in [0.15, 0.2) is 5.82 Å². The zero-order valence-electron chi connectivity index (χ0n) is 11.9. The molecule has 7 nitrogen and oxygen atoms in total. The molecule has 1 aromatic heterocycles. The fourth-order valence-corrected chi connectivity index (χ4v) is 2.34. The number of likely N-dealkylation sites (tertiary alicyclic amines) is 1. The van der Waals surface area contributed by atoms with E-state index in [1.807, 2.05) is 6.92 Å². The zero-order chi connectivity index (χ0) is 14.5. The number of amides is 2. The van der Waals surface area contributed by atoms with Gasteiger partial charge >= 0.3 is 6.01 Å². The highest BCUT2D eigenvalue weighted by Crippen LogP contribution is 2.19. The number of aromatic nitrogens is 2. The normalized spacial score (nSPS) is 18.9. The molecule has 20 heavy (non-hydrogen) atoms. The van der Waals surface area contributed by atoms with Crippen molar-refractivity contribution in [3.05, 3.63) is 5.82 Å². The topological polar surface area (TPSA) is 88.3 Å². The summed E-state index contributed by atoms with van der Waals surface area (Å²) in [4.78, 5) is 29.7. The largest absolute Gasteiger partial charge is 0.342 e. The van der Waals surface area contributed by atoms with Crippen molar-refractivity contribution in [3.8, 4) is 0 Å². The molecule has 7 heteroatoms. The molecule has 0 aliphatic carbocycles. The number of carbonyl (C=O) groups excluding carboxylic acids is 2. The van der Waals surface area contributed by atoms with E-state index >= 15 is 0 Å². The van der Waals surface area contributed by atoms with Crippen LogP contribution in [-0.2, 0) is 9.59 Å². The van der Waals surface area contributed by atoms with Crippen molar-refractivity contribution < 1.29 is 14.1 Å². The molecule has 1 N–H and O–H groups in total. The van der Waals surface area contributed by atoms with Crippen LogP contribution in [0, 0.1) is 12.8 Å². The first-order chi connectivity index (χ1) is 9.60. The van der Waals surface area contributed by atoms with E-state index in [-0.39, 0.29) is 23.7 Å². The summed E-state index contributed by atoms with van der Waals surface area (Å²) >= 11 is 0. The third-order valence-corrected chi connectivity index (χ3v) is 3.37. The van der Waals surface area contributed by atoms with Crippen molar-refractivity contribution in [2.75, 3.05) is 18.4 Å². The highest BCUT2D eigenvalue weighted by atomic mass is 16.5. The second kappa shape index (κ2) is 6.49. The Morgan fingerprint density at radius 3 is 2.95 bits per heavy atom. The lowest BCUT2D eigenvalue weighted by atomic mass is 9.97. The first kappa shape index (κ1) is 14.5. The van der Waals surface area contributed by atoms with E-state index in [4.69, 9.17) is 4.52 Å². The molecule has 1 aliphatic rings. The Bertz CT molecular complexity index is 486. The van der Waals surface area contributed by atoms with E-state index < -0.39 is 0 Å². The Morgan fingerprint density at radius 1 is 1.50 bits per heavy atom. The first-order valence-corrected chi connectivity index (χ1v) is 6.99. The molecule has 0 spiro atoms. The van der Waals surface area contributed by atoms with Crippen LogP contribution in [0.15, 0.2) is 4.52 Å². The van der Waals surface area contributed by atoms with Gasteiger partial charge in [0.05, 0.1) is 5.92 Å². The SMILES string of the molecule is CCCC(=O)N1CCC[C@@H](C(=O)Nc2nc(C)no2)C1. The number of nitrogens with one attached hydrogen (secondary N) is 1. The number of carbonyl (C=O) groups is 2. The summed E-state index contributed by atoms with van der Waals surface area (Å²) in [7, 11) is 0. The van der Waals surface area contributed by atoms with Crippen molar-refractivity contribution in [1.29, 1.82) is 0 Å². The van der Waals surface area contributed by atoms with Crippen molar-refractivity contribution in [3.63, 3.8) is 0 Å². The van der Waals surface area contributed by atoms with Crippen LogP contribution in [0.4, 0.5) is 6.01 Å². The lowest BCUT2D eigenvalue weighted by Crippen LogP contribution is -2.43. The fourth-order valence-electron chi connectivity index (χ4n) is 2.34. The van der Waals surface area contributed by atoms with Gasteiger partial charge in [-0.2, -0.15) is 4.98 Å². The molecule has 0 bridgehead atoms. The molecular weight excluding hydrogens is 260 g/mol. The second-order valence-electron chi connectivity index (χ2n) is 5.06. The highest BCUT2D eigenvalue weighted by Gasteiger charge is 2.28. The minimum atomic E-state index is -0.211. The quantitative estimate of drug-likeness (QED) is 0.899. The number of aryl methyl sites for hydroxylation is 1. The van der Waals surface area contributed by atoms with Crippen LogP contribution in [0.1, 0.15) is 38.4 Å². The lowest BCUT2D eigenvalue weighted by Gasteiger charge is -2.31. The summed E-state index contributed by atoms with van der Waals surface area (Å²) in [5.74, 6) is 0.224.